The normalized spacial score (nSPS) is 11.6. The first-order valence-corrected chi connectivity index (χ1v) is 5.67. The molecule has 2 rings (SSSR count). The monoisotopic (exact) mass is 239 g/mol. The number of benzene rings is 2. The molecule has 3 nitrogen and oxygen atoms in total. The Hall–Kier alpha value is -2.42. The highest BCUT2D eigenvalue weighted by Crippen LogP contribution is 2.10. The van der Waals surface area contributed by atoms with Crippen LogP contribution < -0.4 is 5.32 Å². The third-order valence-electron chi connectivity index (χ3n) is 2.57. The largest absolute Gasteiger partial charge is 0.369 e. The molecule has 0 amide bonds. The Morgan fingerprint density at radius 1 is 0.944 bits per heavy atom. The fraction of sp³-hybridized carbons (Fsp3) is 0.0667. The fourth-order valence-electron chi connectivity index (χ4n) is 1.66. The van der Waals surface area contributed by atoms with Gasteiger partial charge in [0.15, 0.2) is 5.78 Å². The van der Waals surface area contributed by atoms with Crippen LogP contribution in [0.3, 0.4) is 0 Å². The Morgan fingerprint density at radius 2 is 1.50 bits per heavy atom. The van der Waals surface area contributed by atoms with Gasteiger partial charge in [0, 0.05) is 11.3 Å². The van der Waals surface area contributed by atoms with Crippen LogP contribution in [0, 0.1) is 0 Å². The van der Waals surface area contributed by atoms with Crippen molar-refractivity contribution in [3.05, 3.63) is 66.2 Å². The summed E-state index contributed by atoms with van der Waals surface area (Å²) in [5.74, 6) is -0.227. The molecule has 1 unspecified atom stereocenters. The number of aldehydes is 1. The van der Waals surface area contributed by atoms with Crippen LogP contribution in [-0.4, -0.2) is 18.1 Å². The smallest absolute Gasteiger partial charge is 0.192 e. The summed E-state index contributed by atoms with van der Waals surface area (Å²) in [6, 6.07) is 17.1. The molecule has 0 saturated carbocycles. The van der Waals surface area contributed by atoms with E-state index in [1.807, 2.05) is 36.4 Å². The number of nitrogens with one attached hydrogen (secondary N) is 1. The lowest BCUT2D eigenvalue weighted by Crippen LogP contribution is -2.31. The molecule has 0 fully saturated rings. The number of carbonyl (C=O) groups is 2. The number of rotatable bonds is 5. The number of hydrogen-bond donors (Lipinski definition) is 1. The van der Waals surface area contributed by atoms with E-state index in [0.717, 1.165) is 5.69 Å². The van der Waals surface area contributed by atoms with Crippen LogP contribution in [0.2, 0.25) is 0 Å². The first-order valence-electron chi connectivity index (χ1n) is 5.67. The molecule has 18 heavy (non-hydrogen) atoms. The Morgan fingerprint density at radius 3 is 2.06 bits per heavy atom. The molecule has 2 aromatic rings. The number of ketones is 1. The second kappa shape index (κ2) is 5.77. The van der Waals surface area contributed by atoms with Gasteiger partial charge in [0.05, 0.1) is 0 Å². The first-order chi connectivity index (χ1) is 8.81. The van der Waals surface area contributed by atoms with Crippen molar-refractivity contribution in [1.29, 1.82) is 0 Å². The molecule has 0 spiro atoms. The maximum atomic E-state index is 12.1. The molecule has 0 radical (unpaired) electrons. The van der Waals surface area contributed by atoms with Crippen molar-refractivity contribution in [2.24, 2.45) is 0 Å². The fourth-order valence-corrected chi connectivity index (χ4v) is 1.66. The van der Waals surface area contributed by atoms with Crippen LogP contribution in [-0.2, 0) is 4.79 Å². The number of anilines is 1. The van der Waals surface area contributed by atoms with E-state index in [9.17, 15) is 9.59 Å². The molecule has 3 heteroatoms. The minimum Gasteiger partial charge on any atom is -0.369 e. The van der Waals surface area contributed by atoms with Gasteiger partial charge in [0.1, 0.15) is 12.3 Å². The summed E-state index contributed by atoms with van der Waals surface area (Å²) in [5.41, 5.74) is 1.27. The van der Waals surface area contributed by atoms with Crippen molar-refractivity contribution in [1.82, 2.24) is 0 Å². The van der Waals surface area contributed by atoms with E-state index in [-0.39, 0.29) is 5.78 Å². The molecule has 0 aromatic heterocycles. The average Bonchev–Trinajstić information content (AvgIpc) is 2.46. The maximum Gasteiger partial charge on any atom is 0.192 e. The van der Waals surface area contributed by atoms with Crippen LogP contribution in [0.4, 0.5) is 5.69 Å². The van der Waals surface area contributed by atoms with Crippen molar-refractivity contribution in [2.75, 3.05) is 5.32 Å². The third kappa shape index (κ3) is 2.83. The summed E-state index contributed by atoms with van der Waals surface area (Å²) in [6.07, 6.45) is 0.627. The molecule has 1 N–H and O–H groups in total. The summed E-state index contributed by atoms with van der Waals surface area (Å²) in [4.78, 5) is 23.1. The standard InChI is InChI=1S/C15H13NO2/c17-11-14(16-13-9-5-2-6-10-13)15(18)12-7-3-1-4-8-12/h1-11,14,16H. The zero-order valence-electron chi connectivity index (χ0n) is 9.74. The predicted octanol–water partition coefficient (Wildman–Crippen LogP) is 2.55. The molecule has 0 saturated heterocycles. The first kappa shape index (κ1) is 12.0. The molecule has 0 bridgehead atoms. The minimum atomic E-state index is -0.852. The summed E-state index contributed by atoms with van der Waals surface area (Å²) >= 11 is 0. The number of Topliss-reactive ketones (excluding diaryl/α,β-unsaturated/α-hetero) is 1. The van der Waals surface area contributed by atoms with Gasteiger partial charge in [-0.15, -0.1) is 0 Å². The van der Waals surface area contributed by atoms with E-state index in [1.54, 1.807) is 24.3 Å². The van der Waals surface area contributed by atoms with Crippen LogP contribution >= 0.6 is 0 Å². The number of para-hydroxylation sites is 1. The summed E-state index contributed by atoms with van der Waals surface area (Å²) in [7, 11) is 0. The van der Waals surface area contributed by atoms with Gasteiger partial charge in [-0.25, -0.2) is 0 Å². The van der Waals surface area contributed by atoms with Crippen LogP contribution in [0.25, 0.3) is 0 Å². The Bertz CT molecular complexity index is 523. The number of hydrogen-bond acceptors (Lipinski definition) is 3. The Kier molecular flexibility index (Phi) is 3.86. The highest BCUT2D eigenvalue weighted by Gasteiger charge is 2.18. The third-order valence-corrected chi connectivity index (χ3v) is 2.57. The molecule has 90 valence electrons. The average molecular weight is 239 g/mol. The quantitative estimate of drug-likeness (QED) is 0.495. The molecule has 1 atom stereocenters. The molecular weight excluding hydrogens is 226 g/mol. The molecule has 0 heterocycles. The van der Waals surface area contributed by atoms with Crippen molar-refractivity contribution >= 4 is 17.8 Å². The van der Waals surface area contributed by atoms with Gasteiger partial charge in [0.2, 0.25) is 0 Å². The van der Waals surface area contributed by atoms with Crippen LogP contribution in [0.15, 0.2) is 60.7 Å². The van der Waals surface area contributed by atoms with Gasteiger partial charge in [-0.1, -0.05) is 48.5 Å². The zero-order chi connectivity index (χ0) is 12.8. The molecular formula is C15H13NO2. The maximum absolute atomic E-state index is 12.1. The summed E-state index contributed by atoms with van der Waals surface area (Å²) in [5, 5.41) is 2.91. The van der Waals surface area contributed by atoms with Gasteiger partial charge in [-0.3, -0.25) is 4.79 Å². The zero-order valence-corrected chi connectivity index (χ0v) is 9.74. The van der Waals surface area contributed by atoms with Gasteiger partial charge >= 0.3 is 0 Å². The lowest BCUT2D eigenvalue weighted by Gasteiger charge is -2.12. The van der Waals surface area contributed by atoms with E-state index in [1.165, 1.54) is 0 Å². The van der Waals surface area contributed by atoms with E-state index >= 15 is 0 Å². The highest BCUT2D eigenvalue weighted by atomic mass is 16.1. The number of carbonyl (C=O) groups excluding carboxylic acids is 2. The Balaban J connectivity index is 2.15. The van der Waals surface area contributed by atoms with Gasteiger partial charge in [-0.2, -0.15) is 0 Å². The van der Waals surface area contributed by atoms with Gasteiger partial charge < -0.3 is 10.1 Å². The van der Waals surface area contributed by atoms with Crippen LogP contribution in [0.1, 0.15) is 10.4 Å². The van der Waals surface area contributed by atoms with Crippen LogP contribution in [0.5, 0.6) is 0 Å². The van der Waals surface area contributed by atoms with E-state index in [4.69, 9.17) is 0 Å². The molecule has 0 aliphatic heterocycles. The topological polar surface area (TPSA) is 46.2 Å². The second-order valence-corrected chi connectivity index (χ2v) is 3.85. The second-order valence-electron chi connectivity index (χ2n) is 3.85. The van der Waals surface area contributed by atoms with Gasteiger partial charge in [-0.05, 0) is 12.1 Å². The molecule has 0 aliphatic rings. The predicted molar refractivity (Wildman–Crippen MR) is 70.7 cm³/mol. The SMILES string of the molecule is O=CC(Nc1ccccc1)C(=O)c1ccccc1. The van der Waals surface area contributed by atoms with Crippen molar-refractivity contribution in [2.45, 2.75) is 6.04 Å². The molecule has 0 aliphatic carbocycles. The Labute approximate surface area is 105 Å². The summed E-state index contributed by atoms with van der Waals surface area (Å²) in [6.45, 7) is 0. The minimum absolute atomic E-state index is 0.227. The van der Waals surface area contributed by atoms with E-state index in [0.29, 0.717) is 11.8 Å². The van der Waals surface area contributed by atoms with Crippen molar-refractivity contribution in [3.8, 4) is 0 Å². The molecule has 2 aromatic carbocycles. The summed E-state index contributed by atoms with van der Waals surface area (Å²) < 4.78 is 0. The lowest BCUT2D eigenvalue weighted by atomic mass is 10.1. The van der Waals surface area contributed by atoms with Crippen molar-refractivity contribution in [3.63, 3.8) is 0 Å². The van der Waals surface area contributed by atoms with E-state index < -0.39 is 6.04 Å². The highest BCUT2D eigenvalue weighted by molar-refractivity contribution is 6.10. The lowest BCUT2D eigenvalue weighted by molar-refractivity contribution is -0.107. The van der Waals surface area contributed by atoms with E-state index in [2.05, 4.69) is 5.32 Å². The van der Waals surface area contributed by atoms with Crippen molar-refractivity contribution < 1.29 is 9.59 Å². The van der Waals surface area contributed by atoms with Gasteiger partial charge in [0.25, 0.3) is 0 Å².